The maximum atomic E-state index is 12.3. The second-order valence-electron chi connectivity index (χ2n) is 5.44. The molecule has 1 N–H and O–H groups in total. The van der Waals surface area contributed by atoms with Gasteiger partial charge >= 0.3 is 0 Å². The fraction of sp³-hybridized carbons (Fsp3) is 0.176. The summed E-state index contributed by atoms with van der Waals surface area (Å²) in [5, 5.41) is 6.94. The average Bonchev–Trinajstić information content (AvgIpc) is 3.32. The highest BCUT2D eigenvalue weighted by Gasteiger charge is 2.19. The number of hydrogen-bond donors (Lipinski definition) is 1. The minimum absolute atomic E-state index is 0.213. The number of aromatic nitrogens is 2. The number of hydrogen-bond acceptors (Lipinski definition) is 7. The molecule has 2 heterocycles. The molecule has 9 heteroatoms. The number of nitrogens with zero attached hydrogens (tertiary/aromatic N) is 3. The number of nitrogens with one attached hydrogen (secondary N) is 1. The second-order valence-corrected chi connectivity index (χ2v) is 7.49. The van der Waals surface area contributed by atoms with Crippen LogP contribution in [0.1, 0.15) is 5.89 Å². The highest BCUT2D eigenvalue weighted by Crippen LogP contribution is 2.19. The van der Waals surface area contributed by atoms with Gasteiger partial charge in [-0.1, -0.05) is 11.2 Å². The average molecular weight is 374 g/mol. The third-order valence-electron chi connectivity index (χ3n) is 3.60. The first-order valence-corrected chi connectivity index (χ1v) is 9.22. The van der Waals surface area contributed by atoms with Crippen LogP contribution in [-0.4, -0.2) is 36.5 Å². The fourth-order valence-corrected chi connectivity index (χ4v) is 3.36. The lowest BCUT2D eigenvalue weighted by Crippen LogP contribution is -2.26. The van der Waals surface area contributed by atoms with E-state index in [0.29, 0.717) is 24.0 Å². The molecule has 3 rings (SSSR count). The summed E-state index contributed by atoms with van der Waals surface area (Å²) in [6, 6.07) is 9.92. The van der Waals surface area contributed by atoms with Crippen LogP contribution in [0.3, 0.4) is 0 Å². The van der Waals surface area contributed by atoms with Gasteiger partial charge in [0.25, 0.3) is 0 Å². The Morgan fingerprint density at radius 2 is 2.04 bits per heavy atom. The van der Waals surface area contributed by atoms with Crippen LogP contribution in [0.15, 0.2) is 69.2 Å². The van der Waals surface area contributed by atoms with Gasteiger partial charge in [0.2, 0.25) is 21.7 Å². The molecule has 26 heavy (non-hydrogen) atoms. The van der Waals surface area contributed by atoms with Crippen molar-refractivity contribution >= 4 is 15.7 Å². The molecule has 0 aliphatic carbocycles. The van der Waals surface area contributed by atoms with Crippen molar-refractivity contribution < 1.29 is 17.4 Å². The Kier molecular flexibility index (Phi) is 5.19. The summed E-state index contributed by atoms with van der Waals surface area (Å²) in [5.74, 6) is 1.29. The highest BCUT2D eigenvalue weighted by atomic mass is 32.2. The highest BCUT2D eigenvalue weighted by molar-refractivity contribution is 7.89. The summed E-state index contributed by atoms with van der Waals surface area (Å²) in [7, 11) is -2.01. The van der Waals surface area contributed by atoms with Crippen LogP contribution in [0.2, 0.25) is 0 Å². The molecule has 0 atom stereocenters. The molecule has 0 fully saturated rings. The molecule has 0 aliphatic rings. The van der Waals surface area contributed by atoms with E-state index in [-0.39, 0.29) is 11.4 Å². The van der Waals surface area contributed by atoms with E-state index >= 15 is 0 Å². The molecule has 136 valence electrons. The van der Waals surface area contributed by atoms with Gasteiger partial charge in [-0.25, -0.2) is 8.42 Å². The van der Waals surface area contributed by atoms with Gasteiger partial charge < -0.3 is 14.3 Å². The molecule has 0 saturated heterocycles. The number of benzene rings is 1. The number of likely N-dealkylation sites (N-methyl/N-ethyl adjacent to an activating group) is 1. The van der Waals surface area contributed by atoms with Crippen molar-refractivity contribution in [2.45, 2.75) is 11.4 Å². The van der Waals surface area contributed by atoms with Crippen molar-refractivity contribution in [3.05, 3.63) is 61.2 Å². The van der Waals surface area contributed by atoms with E-state index in [1.807, 2.05) is 0 Å². The van der Waals surface area contributed by atoms with E-state index in [1.165, 1.54) is 23.7 Å². The molecule has 1 aromatic carbocycles. The van der Waals surface area contributed by atoms with Crippen molar-refractivity contribution in [2.24, 2.45) is 0 Å². The lowest BCUT2D eigenvalue weighted by Gasteiger charge is -2.15. The van der Waals surface area contributed by atoms with Crippen molar-refractivity contribution in [3.8, 4) is 11.6 Å². The summed E-state index contributed by atoms with van der Waals surface area (Å²) < 4.78 is 36.3. The Balaban J connectivity index is 1.64. The lowest BCUT2D eigenvalue weighted by atomic mass is 10.3. The quantitative estimate of drug-likeness (QED) is 0.605. The second kappa shape index (κ2) is 7.54. The summed E-state index contributed by atoms with van der Waals surface area (Å²) in [5.41, 5.74) is 0.730. The van der Waals surface area contributed by atoms with Crippen LogP contribution in [0, 0.1) is 0 Å². The van der Waals surface area contributed by atoms with Gasteiger partial charge in [-0.3, -0.25) is 0 Å². The maximum absolute atomic E-state index is 12.3. The van der Waals surface area contributed by atoms with Crippen LogP contribution in [-0.2, 0) is 16.6 Å². The third kappa shape index (κ3) is 3.84. The molecule has 2 aromatic heterocycles. The molecule has 0 bridgehead atoms. The van der Waals surface area contributed by atoms with Gasteiger partial charge in [0, 0.05) is 19.3 Å². The van der Waals surface area contributed by atoms with Gasteiger partial charge in [-0.2, -0.15) is 9.29 Å². The summed E-state index contributed by atoms with van der Waals surface area (Å²) in [6.07, 6.45) is 3.07. The molecule has 0 radical (unpaired) electrons. The first-order valence-electron chi connectivity index (χ1n) is 7.78. The Morgan fingerprint density at radius 1 is 1.27 bits per heavy atom. The molecular formula is C17H18N4O4S. The molecule has 0 saturated carbocycles. The fourth-order valence-electron chi connectivity index (χ4n) is 2.21. The van der Waals surface area contributed by atoms with Crippen molar-refractivity contribution in [3.63, 3.8) is 0 Å². The monoisotopic (exact) mass is 374 g/mol. The van der Waals surface area contributed by atoms with Crippen LogP contribution < -0.4 is 5.32 Å². The summed E-state index contributed by atoms with van der Waals surface area (Å²) >= 11 is 0. The van der Waals surface area contributed by atoms with Gasteiger partial charge in [0.15, 0.2) is 5.76 Å². The zero-order valence-electron chi connectivity index (χ0n) is 14.1. The normalized spacial score (nSPS) is 11.6. The van der Waals surface area contributed by atoms with Gasteiger partial charge in [-0.15, -0.1) is 6.58 Å². The lowest BCUT2D eigenvalue weighted by molar-refractivity contribution is 0.382. The minimum atomic E-state index is -3.52. The summed E-state index contributed by atoms with van der Waals surface area (Å²) in [4.78, 5) is 4.44. The molecule has 0 aliphatic heterocycles. The molecule has 0 spiro atoms. The topological polar surface area (TPSA) is 101 Å². The SMILES string of the molecule is C=CCN(C)S(=O)(=O)c1ccc(NCc2nc(-c3ccco3)no2)cc1. The maximum Gasteiger partial charge on any atom is 0.246 e. The molecule has 8 nitrogen and oxygen atoms in total. The van der Waals surface area contributed by atoms with Crippen LogP contribution in [0.5, 0.6) is 0 Å². The number of furan rings is 1. The van der Waals surface area contributed by atoms with E-state index in [9.17, 15) is 8.42 Å². The smallest absolute Gasteiger partial charge is 0.246 e. The first-order chi connectivity index (χ1) is 12.5. The standard InChI is InChI=1S/C17H18N4O4S/c1-3-10-21(2)26(22,23)14-8-6-13(7-9-14)18-12-16-19-17(20-25-16)15-5-4-11-24-15/h3-9,11,18H,1,10,12H2,2H3. The number of sulfonamides is 1. The Hall–Kier alpha value is -2.91. The van der Waals surface area contributed by atoms with Crippen LogP contribution >= 0.6 is 0 Å². The molecule has 0 unspecified atom stereocenters. The molecule has 0 amide bonds. The van der Waals surface area contributed by atoms with Crippen LogP contribution in [0.25, 0.3) is 11.6 Å². The van der Waals surface area contributed by atoms with Gasteiger partial charge in [0.05, 0.1) is 17.7 Å². The van der Waals surface area contributed by atoms with E-state index in [4.69, 9.17) is 8.94 Å². The summed E-state index contributed by atoms with van der Waals surface area (Å²) in [6.45, 7) is 4.10. The Labute approximate surface area is 151 Å². The van der Waals surface area contributed by atoms with E-state index < -0.39 is 10.0 Å². The number of anilines is 1. The predicted octanol–water partition coefficient (Wildman–Crippen LogP) is 2.75. The van der Waals surface area contributed by atoms with Crippen molar-refractivity contribution in [1.82, 2.24) is 14.4 Å². The predicted molar refractivity (Wildman–Crippen MR) is 95.8 cm³/mol. The molecular weight excluding hydrogens is 356 g/mol. The number of rotatable bonds is 8. The van der Waals surface area contributed by atoms with Crippen molar-refractivity contribution in [1.29, 1.82) is 0 Å². The van der Waals surface area contributed by atoms with E-state index in [0.717, 1.165) is 5.69 Å². The first kappa shape index (κ1) is 17.9. The van der Waals surface area contributed by atoms with Crippen molar-refractivity contribution in [2.75, 3.05) is 18.9 Å². The van der Waals surface area contributed by atoms with Gasteiger partial charge in [-0.05, 0) is 36.4 Å². The van der Waals surface area contributed by atoms with Gasteiger partial charge in [0.1, 0.15) is 0 Å². The zero-order chi connectivity index (χ0) is 18.6. The van der Waals surface area contributed by atoms with Crippen LogP contribution in [0.4, 0.5) is 5.69 Å². The zero-order valence-corrected chi connectivity index (χ0v) is 14.9. The van der Waals surface area contributed by atoms with E-state index in [2.05, 4.69) is 22.0 Å². The van der Waals surface area contributed by atoms with E-state index in [1.54, 1.807) is 36.4 Å². The largest absolute Gasteiger partial charge is 0.461 e. The Bertz CT molecular complexity index is 963. The Morgan fingerprint density at radius 3 is 2.69 bits per heavy atom. The molecule has 3 aromatic rings. The minimum Gasteiger partial charge on any atom is -0.461 e. The third-order valence-corrected chi connectivity index (χ3v) is 5.44.